The smallest absolute Gasteiger partial charge is 0.0160 e. The molecule has 98 valence electrons. The molecule has 19 heavy (non-hydrogen) atoms. The zero-order valence-corrected chi connectivity index (χ0v) is 11.5. The van der Waals surface area contributed by atoms with E-state index in [9.17, 15) is 0 Å². The Morgan fingerprint density at radius 1 is 0.895 bits per heavy atom. The predicted molar refractivity (Wildman–Crippen MR) is 87.1 cm³/mol. The Labute approximate surface area is 116 Å². The average Bonchev–Trinajstić information content (AvgIpc) is 2.44. The van der Waals surface area contributed by atoms with Crippen LogP contribution in [0.3, 0.4) is 0 Å². The summed E-state index contributed by atoms with van der Waals surface area (Å²) in [7, 11) is 0. The van der Waals surface area contributed by atoms with E-state index in [4.69, 9.17) is 0 Å². The van der Waals surface area contributed by atoms with Crippen LogP contribution in [0.1, 0.15) is 19.3 Å². The topological polar surface area (TPSA) is 0 Å². The minimum atomic E-state index is 0.965. The number of unbranched alkanes of at least 4 members (excludes halogenated alkanes) is 1. The van der Waals surface area contributed by atoms with Gasteiger partial charge in [0.25, 0.3) is 0 Å². The fourth-order valence-corrected chi connectivity index (χ4v) is 1.71. The molecule has 0 unspecified atom stereocenters. The molecule has 0 radical (unpaired) electrons. The van der Waals surface area contributed by atoms with Crippen molar-refractivity contribution < 1.29 is 0 Å². The molecule has 0 spiro atoms. The van der Waals surface area contributed by atoms with Gasteiger partial charge in [-0.1, -0.05) is 79.5 Å². The maximum atomic E-state index is 3.71. The minimum absolute atomic E-state index is 0.965. The molecular formula is C19H22. The zero-order valence-electron chi connectivity index (χ0n) is 11.5. The van der Waals surface area contributed by atoms with Gasteiger partial charge in [-0.3, -0.25) is 0 Å². The Bertz CT molecular complexity index is 556. The Balaban J connectivity index is 2.79. The van der Waals surface area contributed by atoms with Crippen LogP contribution in [0.25, 0.3) is 12.2 Å². The van der Waals surface area contributed by atoms with Crippen LogP contribution >= 0.6 is 0 Å². The molecule has 0 aromatic heterocycles. The summed E-state index contributed by atoms with van der Waals surface area (Å²) >= 11 is 0. The van der Waals surface area contributed by atoms with Crippen LogP contribution in [0, 0.1) is 0 Å². The van der Waals surface area contributed by atoms with E-state index in [1.807, 2.05) is 18.2 Å². The first-order valence-electron chi connectivity index (χ1n) is 6.69. The van der Waals surface area contributed by atoms with Crippen molar-refractivity contribution in [2.75, 3.05) is 0 Å². The molecular weight excluding hydrogens is 228 g/mol. The molecule has 0 atom stereocenters. The van der Waals surface area contributed by atoms with Crippen LogP contribution < -0.4 is 10.4 Å². The first-order chi connectivity index (χ1) is 9.38. The quantitative estimate of drug-likeness (QED) is 0.391. The molecule has 0 nitrogen and oxygen atoms in total. The third kappa shape index (κ3) is 6.42. The Morgan fingerprint density at radius 2 is 1.68 bits per heavy atom. The standard InChI is InChI=1S/C19H22/c1-3-5-7-8-9-11-15-19-17-13-12-16-18(19)14-10-6-4-2/h3-4,6,8-10,12-17H,1-2,5,7,11H2/b9-8-,10-6-,18-14+,19-15+. The number of hydrogen-bond donors (Lipinski definition) is 0. The van der Waals surface area contributed by atoms with Crippen LogP contribution in [0.5, 0.6) is 0 Å². The number of allylic oxidation sites excluding steroid dienone is 6. The van der Waals surface area contributed by atoms with Crippen LogP contribution in [-0.2, 0) is 0 Å². The van der Waals surface area contributed by atoms with Gasteiger partial charge in [-0.15, -0.1) is 6.58 Å². The SMILES string of the molecule is C=C\C=C/C=c1\cccc\c1=C/C/C=C\CCC=C. The van der Waals surface area contributed by atoms with Crippen molar-refractivity contribution in [1.29, 1.82) is 0 Å². The van der Waals surface area contributed by atoms with E-state index in [2.05, 4.69) is 61.7 Å². The molecule has 0 amide bonds. The fraction of sp³-hybridized carbons (Fsp3) is 0.158. The third-order valence-corrected chi connectivity index (χ3v) is 2.70. The fourth-order valence-electron chi connectivity index (χ4n) is 1.71. The normalized spacial score (nSPS) is 13.5. The van der Waals surface area contributed by atoms with Crippen molar-refractivity contribution in [3.05, 3.63) is 84.3 Å². The maximum absolute atomic E-state index is 3.71. The lowest BCUT2D eigenvalue weighted by Gasteiger charge is -1.90. The van der Waals surface area contributed by atoms with Crippen molar-refractivity contribution in [3.63, 3.8) is 0 Å². The Kier molecular flexibility index (Phi) is 7.80. The van der Waals surface area contributed by atoms with Crippen LogP contribution in [0.4, 0.5) is 0 Å². The first-order valence-corrected chi connectivity index (χ1v) is 6.69. The number of benzene rings is 1. The van der Waals surface area contributed by atoms with Gasteiger partial charge in [-0.2, -0.15) is 0 Å². The summed E-state index contributed by atoms with van der Waals surface area (Å²) in [6.45, 7) is 7.38. The summed E-state index contributed by atoms with van der Waals surface area (Å²) in [5, 5.41) is 2.50. The first kappa shape index (κ1) is 15.0. The lowest BCUT2D eigenvalue weighted by atomic mass is 10.2. The second-order valence-electron chi connectivity index (χ2n) is 4.19. The van der Waals surface area contributed by atoms with Gasteiger partial charge in [-0.05, 0) is 29.7 Å². The van der Waals surface area contributed by atoms with E-state index in [-0.39, 0.29) is 0 Å². The summed E-state index contributed by atoms with van der Waals surface area (Å²) in [4.78, 5) is 0. The van der Waals surface area contributed by atoms with Crippen molar-refractivity contribution in [1.82, 2.24) is 0 Å². The summed E-state index contributed by atoms with van der Waals surface area (Å²) in [5.41, 5.74) is 0. The molecule has 0 aliphatic carbocycles. The van der Waals surface area contributed by atoms with Gasteiger partial charge in [0.05, 0.1) is 0 Å². The van der Waals surface area contributed by atoms with E-state index in [1.54, 1.807) is 6.08 Å². The second-order valence-corrected chi connectivity index (χ2v) is 4.19. The van der Waals surface area contributed by atoms with Gasteiger partial charge >= 0.3 is 0 Å². The van der Waals surface area contributed by atoms with E-state index in [0.29, 0.717) is 0 Å². The molecule has 0 N–H and O–H groups in total. The molecule has 0 aliphatic heterocycles. The zero-order chi connectivity index (χ0) is 13.8. The Morgan fingerprint density at radius 3 is 2.42 bits per heavy atom. The molecule has 0 fully saturated rings. The van der Waals surface area contributed by atoms with E-state index < -0.39 is 0 Å². The molecule has 1 aromatic carbocycles. The molecule has 1 rings (SSSR count). The summed E-state index contributed by atoms with van der Waals surface area (Å²) < 4.78 is 0. The largest absolute Gasteiger partial charge is 0.103 e. The molecule has 0 heteroatoms. The summed E-state index contributed by atoms with van der Waals surface area (Å²) in [5.74, 6) is 0. The molecule has 1 aromatic rings. The number of hydrogen-bond acceptors (Lipinski definition) is 0. The van der Waals surface area contributed by atoms with Crippen molar-refractivity contribution >= 4 is 12.2 Å². The predicted octanol–water partition coefficient (Wildman–Crippen LogP) is 3.90. The highest BCUT2D eigenvalue weighted by molar-refractivity contribution is 5.41. The van der Waals surface area contributed by atoms with Gasteiger partial charge in [0.1, 0.15) is 0 Å². The van der Waals surface area contributed by atoms with Gasteiger partial charge in [0.15, 0.2) is 0 Å². The van der Waals surface area contributed by atoms with E-state index >= 15 is 0 Å². The van der Waals surface area contributed by atoms with E-state index in [1.165, 1.54) is 10.4 Å². The molecule has 0 aliphatic rings. The van der Waals surface area contributed by atoms with Crippen LogP contribution in [0.15, 0.2) is 73.9 Å². The van der Waals surface area contributed by atoms with Gasteiger partial charge in [0.2, 0.25) is 0 Å². The van der Waals surface area contributed by atoms with Crippen LogP contribution in [-0.4, -0.2) is 0 Å². The number of rotatable bonds is 7. The van der Waals surface area contributed by atoms with Crippen molar-refractivity contribution in [2.45, 2.75) is 19.3 Å². The maximum Gasteiger partial charge on any atom is -0.0160 e. The Hall–Kier alpha value is -2.08. The van der Waals surface area contributed by atoms with Gasteiger partial charge in [-0.25, -0.2) is 0 Å². The molecule has 0 heterocycles. The minimum Gasteiger partial charge on any atom is -0.103 e. The highest BCUT2D eigenvalue weighted by Gasteiger charge is 1.82. The molecule has 0 saturated carbocycles. The van der Waals surface area contributed by atoms with Gasteiger partial charge < -0.3 is 0 Å². The van der Waals surface area contributed by atoms with E-state index in [0.717, 1.165) is 19.3 Å². The summed E-state index contributed by atoms with van der Waals surface area (Å²) in [6.07, 6.45) is 19.5. The lowest BCUT2D eigenvalue weighted by molar-refractivity contribution is 1.05. The monoisotopic (exact) mass is 250 g/mol. The highest BCUT2D eigenvalue weighted by atomic mass is 13.9. The summed E-state index contributed by atoms with van der Waals surface area (Å²) in [6, 6.07) is 8.40. The molecule has 0 saturated heterocycles. The average molecular weight is 250 g/mol. The lowest BCUT2D eigenvalue weighted by Crippen LogP contribution is -2.23. The van der Waals surface area contributed by atoms with Crippen molar-refractivity contribution in [2.24, 2.45) is 0 Å². The van der Waals surface area contributed by atoms with Crippen LogP contribution in [0.2, 0.25) is 0 Å². The van der Waals surface area contributed by atoms with Gasteiger partial charge in [0, 0.05) is 0 Å². The highest BCUT2D eigenvalue weighted by Crippen LogP contribution is 1.93. The van der Waals surface area contributed by atoms with Crippen molar-refractivity contribution in [3.8, 4) is 0 Å². The third-order valence-electron chi connectivity index (χ3n) is 2.70. The second kappa shape index (κ2) is 9.90. The molecule has 0 bridgehead atoms.